The summed E-state index contributed by atoms with van der Waals surface area (Å²) < 4.78 is 25.5. The molecular formula is C25H28ClFN2O4. The summed E-state index contributed by atoms with van der Waals surface area (Å²) in [5.41, 5.74) is 1.51. The Labute approximate surface area is 198 Å². The molecular weight excluding hydrogens is 447 g/mol. The maximum atomic E-state index is 14.4. The van der Waals surface area contributed by atoms with Crippen LogP contribution in [0.25, 0.3) is 6.08 Å². The molecule has 0 radical (unpaired) electrons. The third kappa shape index (κ3) is 6.05. The molecule has 1 amide bonds. The Morgan fingerprint density at radius 2 is 1.88 bits per heavy atom. The second-order valence-corrected chi connectivity index (χ2v) is 8.16. The lowest BCUT2D eigenvalue weighted by Gasteiger charge is -2.35. The van der Waals surface area contributed by atoms with Crippen LogP contribution in [0.1, 0.15) is 36.2 Å². The van der Waals surface area contributed by atoms with Crippen molar-refractivity contribution in [2.45, 2.75) is 20.3 Å². The first-order valence-corrected chi connectivity index (χ1v) is 11.2. The van der Waals surface area contributed by atoms with Crippen LogP contribution in [0.5, 0.6) is 11.5 Å². The molecule has 0 saturated carbocycles. The Hall–Kier alpha value is -3.06. The average molecular weight is 475 g/mol. The molecule has 176 valence electrons. The third-order valence-electron chi connectivity index (χ3n) is 5.41. The van der Waals surface area contributed by atoms with Crippen molar-refractivity contribution < 1.29 is 23.5 Å². The predicted octanol–water partition coefficient (Wildman–Crippen LogP) is 4.84. The summed E-state index contributed by atoms with van der Waals surface area (Å²) in [6, 6.07) is 8.00. The molecule has 1 aliphatic rings. The first-order valence-electron chi connectivity index (χ1n) is 10.9. The molecule has 0 unspecified atom stereocenters. The molecule has 3 rings (SSSR count). The van der Waals surface area contributed by atoms with Gasteiger partial charge in [0.05, 0.1) is 24.4 Å². The zero-order chi connectivity index (χ0) is 24.0. The Morgan fingerprint density at radius 1 is 1.15 bits per heavy atom. The van der Waals surface area contributed by atoms with Crippen LogP contribution in [0.4, 0.5) is 10.1 Å². The minimum Gasteiger partial charge on any atom is -0.493 e. The monoisotopic (exact) mass is 474 g/mol. The Bertz CT molecular complexity index is 1050. The van der Waals surface area contributed by atoms with Gasteiger partial charge in [-0.05, 0) is 55.3 Å². The highest BCUT2D eigenvalue weighted by atomic mass is 35.5. The van der Waals surface area contributed by atoms with Gasteiger partial charge in [0.2, 0.25) is 5.91 Å². The van der Waals surface area contributed by atoms with Crippen LogP contribution in [0, 0.1) is 5.82 Å². The van der Waals surface area contributed by atoms with E-state index in [0.29, 0.717) is 60.6 Å². The number of rotatable bonds is 8. The lowest BCUT2D eigenvalue weighted by Crippen LogP contribution is -2.48. The predicted molar refractivity (Wildman–Crippen MR) is 128 cm³/mol. The van der Waals surface area contributed by atoms with Gasteiger partial charge in [-0.3, -0.25) is 9.59 Å². The summed E-state index contributed by atoms with van der Waals surface area (Å²) in [4.78, 5) is 27.7. The van der Waals surface area contributed by atoms with Crippen molar-refractivity contribution in [1.29, 1.82) is 0 Å². The Kier molecular flexibility index (Phi) is 8.33. The summed E-state index contributed by atoms with van der Waals surface area (Å²) in [5.74, 6) is 0.256. The first-order chi connectivity index (χ1) is 15.8. The number of carbonyl (C=O) groups excluding carboxylic acids is 2. The molecule has 1 aliphatic heterocycles. The van der Waals surface area contributed by atoms with E-state index in [9.17, 15) is 14.0 Å². The highest BCUT2D eigenvalue weighted by Crippen LogP contribution is 2.37. The van der Waals surface area contributed by atoms with E-state index in [1.165, 1.54) is 19.1 Å². The molecule has 1 fully saturated rings. The van der Waals surface area contributed by atoms with Crippen molar-refractivity contribution in [3.05, 3.63) is 58.4 Å². The van der Waals surface area contributed by atoms with E-state index in [2.05, 4.69) is 0 Å². The van der Waals surface area contributed by atoms with Gasteiger partial charge in [0.15, 0.2) is 17.3 Å². The SMILES string of the molecule is CCCOc1c(Cl)cc(/C=C/C(=O)N2CCN(c3ccc(C(C)=O)cc3F)CC2)cc1OC. The number of Topliss-reactive ketones (excluding diaryl/α,β-unsaturated/α-hetero) is 1. The molecule has 6 nitrogen and oxygen atoms in total. The van der Waals surface area contributed by atoms with E-state index >= 15 is 0 Å². The molecule has 1 heterocycles. The quantitative estimate of drug-likeness (QED) is 0.404. The van der Waals surface area contributed by atoms with E-state index in [1.807, 2.05) is 11.8 Å². The first kappa shape index (κ1) is 24.6. The third-order valence-corrected chi connectivity index (χ3v) is 5.69. The maximum Gasteiger partial charge on any atom is 0.246 e. The number of hydrogen-bond acceptors (Lipinski definition) is 5. The Balaban J connectivity index is 1.62. The molecule has 0 spiro atoms. The largest absolute Gasteiger partial charge is 0.493 e. The van der Waals surface area contributed by atoms with Crippen LogP contribution < -0.4 is 14.4 Å². The molecule has 0 aliphatic carbocycles. The normalized spacial score (nSPS) is 14.0. The number of ketones is 1. The second kappa shape index (κ2) is 11.2. The van der Waals surface area contributed by atoms with Crippen molar-refractivity contribution in [2.24, 2.45) is 0 Å². The molecule has 1 saturated heterocycles. The lowest BCUT2D eigenvalue weighted by molar-refractivity contribution is -0.126. The fraction of sp³-hybridized carbons (Fsp3) is 0.360. The number of carbonyl (C=O) groups is 2. The molecule has 33 heavy (non-hydrogen) atoms. The van der Waals surface area contributed by atoms with Crippen LogP contribution in [-0.4, -0.2) is 56.5 Å². The molecule has 2 aromatic carbocycles. The number of hydrogen-bond donors (Lipinski definition) is 0. The minimum absolute atomic E-state index is 0.136. The fourth-order valence-corrected chi connectivity index (χ4v) is 3.88. The minimum atomic E-state index is -0.431. The van der Waals surface area contributed by atoms with Crippen LogP contribution in [0.3, 0.4) is 0 Å². The molecule has 8 heteroatoms. The van der Waals surface area contributed by atoms with Gasteiger partial charge < -0.3 is 19.3 Å². The summed E-state index contributed by atoms with van der Waals surface area (Å²) >= 11 is 6.34. The Morgan fingerprint density at radius 3 is 2.48 bits per heavy atom. The topological polar surface area (TPSA) is 59.1 Å². The zero-order valence-corrected chi connectivity index (χ0v) is 19.8. The summed E-state index contributed by atoms with van der Waals surface area (Å²) in [7, 11) is 1.54. The fourth-order valence-electron chi connectivity index (χ4n) is 3.60. The maximum absolute atomic E-state index is 14.4. The van der Waals surface area contributed by atoms with Gasteiger partial charge in [-0.1, -0.05) is 18.5 Å². The van der Waals surface area contributed by atoms with Gasteiger partial charge in [0, 0.05) is 37.8 Å². The number of benzene rings is 2. The number of amides is 1. The number of anilines is 1. The summed E-state index contributed by atoms with van der Waals surface area (Å²) in [6.45, 7) is 5.86. The van der Waals surface area contributed by atoms with Crippen LogP contribution in [0.2, 0.25) is 5.02 Å². The van der Waals surface area contributed by atoms with E-state index in [4.69, 9.17) is 21.1 Å². The molecule has 2 aromatic rings. The molecule has 0 N–H and O–H groups in total. The van der Waals surface area contributed by atoms with E-state index in [0.717, 1.165) is 12.0 Å². The highest BCUT2D eigenvalue weighted by molar-refractivity contribution is 6.32. The van der Waals surface area contributed by atoms with Gasteiger partial charge in [-0.2, -0.15) is 0 Å². The highest BCUT2D eigenvalue weighted by Gasteiger charge is 2.22. The molecule has 0 aromatic heterocycles. The average Bonchev–Trinajstić information content (AvgIpc) is 2.81. The van der Waals surface area contributed by atoms with Gasteiger partial charge in [0.1, 0.15) is 5.82 Å². The van der Waals surface area contributed by atoms with Gasteiger partial charge >= 0.3 is 0 Å². The van der Waals surface area contributed by atoms with Gasteiger partial charge in [-0.15, -0.1) is 0 Å². The smallest absolute Gasteiger partial charge is 0.246 e. The molecule has 0 atom stereocenters. The van der Waals surface area contributed by atoms with Crippen molar-refractivity contribution >= 4 is 35.1 Å². The number of halogens is 2. The number of methoxy groups -OCH3 is 1. The zero-order valence-electron chi connectivity index (χ0n) is 19.1. The van der Waals surface area contributed by atoms with Crippen molar-refractivity contribution in [3.8, 4) is 11.5 Å². The van der Waals surface area contributed by atoms with Crippen LogP contribution in [0.15, 0.2) is 36.4 Å². The van der Waals surface area contributed by atoms with E-state index in [1.54, 1.807) is 42.4 Å². The molecule has 0 bridgehead atoms. The van der Waals surface area contributed by atoms with E-state index < -0.39 is 5.82 Å². The number of nitrogens with zero attached hydrogens (tertiary/aromatic N) is 2. The second-order valence-electron chi connectivity index (χ2n) is 7.75. The van der Waals surface area contributed by atoms with Crippen molar-refractivity contribution in [1.82, 2.24) is 4.90 Å². The van der Waals surface area contributed by atoms with Crippen LogP contribution >= 0.6 is 11.6 Å². The summed E-state index contributed by atoms with van der Waals surface area (Å²) in [5, 5.41) is 0.418. The van der Waals surface area contributed by atoms with Gasteiger partial charge in [-0.25, -0.2) is 4.39 Å². The van der Waals surface area contributed by atoms with E-state index in [-0.39, 0.29) is 11.7 Å². The van der Waals surface area contributed by atoms with Crippen LogP contribution in [-0.2, 0) is 4.79 Å². The number of piperazine rings is 1. The van der Waals surface area contributed by atoms with Crippen molar-refractivity contribution in [3.63, 3.8) is 0 Å². The number of ether oxygens (including phenoxy) is 2. The summed E-state index contributed by atoms with van der Waals surface area (Å²) in [6.07, 6.45) is 4.03. The van der Waals surface area contributed by atoms with Crippen molar-refractivity contribution in [2.75, 3.05) is 44.8 Å². The standard InChI is InChI=1S/C25H28ClFN2O4/c1-4-13-33-25-20(26)14-18(15-23(25)32-3)5-8-24(31)29-11-9-28(10-12-29)22-7-6-19(17(2)30)16-21(22)27/h5-8,14-16H,4,9-13H2,1-3H3/b8-5+. The van der Waals surface area contributed by atoms with Gasteiger partial charge in [0.25, 0.3) is 0 Å². The lowest BCUT2D eigenvalue weighted by atomic mass is 10.1.